The van der Waals surface area contributed by atoms with E-state index in [2.05, 4.69) is 0 Å². The van der Waals surface area contributed by atoms with E-state index in [1.807, 2.05) is 30.3 Å². The van der Waals surface area contributed by atoms with Gasteiger partial charge in [-0.25, -0.2) is 9.59 Å². The Morgan fingerprint density at radius 1 is 0.944 bits per heavy atom. The van der Waals surface area contributed by atoms with Crippen LogP contribution in [0.1, 0.15) is 22.3 Å². The normalized spacial score (nSPS) is 10.4. The van der Waals surface area contributed by atoms with Crippen LogP contribution in [0.2, 0.25) is 0 Å². The summed E-state index contributed by atoms with van der Waals surface area (Å²) in [7, 11) is 1.54. The van der Waals surface area contributed by atoms with Crippen LogP contribution in [0.5, 0.6) is 11.5 Å². The van der Waals surface area contributed by atoms with E-state index in [9.17, 15) is 9.59 Å². The zero-order valence-electron chi connectivity index (χ0n) is 19.6. The molecule has 3 aromatic carbocycles. The molecule has 0 spiro atoms. The molecule has 184 valence electrons. The summed E-state index contributed by atoms with van der Waals surface area (Å²) in [6.07, 6.45) is 4.85. The molecule has 0 unspecified atom stereocenters. The monoisotopic (exact) mass is 487 g/mol. The Morgan fingerprint density at radius 2 is 1.67 bits per heavy atom. The summed E-state index contributed by atoms with van der Waals surface area (Å²) >= 11 is 0. The fourth-order valence-electron chi connectivity index (χ4n) is 3.23. The minimum absolute atomic E-state index is 0.0585. The summed E-state index contributed by atoms with van der Waals surface area (Å²) < 4.78 is 20.5. The van der Waals surface area contributed by atoms with E-state index in [-0.39, 0.29) is 24.5 Å². The highest BCUT2D eigenvalue weighted by Crippen LogP contribution is 2.29. The maximum absolute atomic E-state index is 12.1. The van der Waals surface area contributed by atoms with Crippen LogP contribution in [0.4, 0.5) is 11.4 Å². The van der Waals surface area contributed by atoms with Crippen LogP contribution >= 0.6 is 0 Å². The predicted octanol–water partition coefficient (Wildman–Crippen LogP) is 4.19. The average molecular weight is 488 g/mol. The molecule has 0 saturated heterocycles. The van der Waals surface area contributed by atoms with Gasteiger partial charge in [0.25, 0.3) is 6.26 Å². The van der Waals surface area contributed by atoms with Gasteiger partial charge < -0.3 is 30.4 Å². The quantitative estimate of drug-likeness (QED) is 0.141. The molecule has 0 aliphatic carbocycles. The number of benzene rings is 3. The molecule has 9 heteroatoms. The number of nitrogens with zero attached hydrogens (tertiary/aromatic N) is 1. The van der Waals surface area contributed by atoms with Gasteiger partial charge in [0.15, 0.2) is 0 Å². The van der Waals surface area contributed by atoms with Crippen molar-refractivity contribution >= 4 is 29.4 Å². The van der Waals surface area contributed by atoms with E-state index in [4.69, 9.17) is 35.7 Å². The largest absolute Gasteiger partial charge is 0.496 e. The van der Waals surface area contributed by atoms with Gasteiger partial charge in [0, 0.05) is 29.4 Å². The summed E-state index contributed by atoms with van der Waals surface area (Å²) in [5, 5.41) is 8.59. The second kappa shape index (κ2) is 12.5. The molecule has 0 saturated carbocycles. The third-order valence-corrected chi connectivity index (χ3v) is 5.05. The first-order valence-corrected chi connectivity index (χ1v) is 10.9. The molecule has 36 heavy (non-hydrogen) atoms. The number of ether oxygens (including phenoxy) is 4. The number of hydrogen-bond donors (Lipinski definition) is 2. The topological polar surface area (TPSA) is 147 Å². The van der Waals surface area contributed by atoms with Crippen LogP contribution in [-0.4, -0.2) is 32.3 Å². The molecule has 0 aliphatic heterocycles. The van der Waals surface area contributed by atoms with Crippen LogP contribution in [0.3, 0.4) is 0 Å². The summed E-state index contributed by atoms with van der Waals surface area (Å²) in [6, 6.07) is 17.2. The number of carbonyl (C=O) groups is 2. The summed E-state index contributed by atoms with van der Waals surface area (Å²) in [5.41, 5.74) is 14.8. The van der Waals surface area contributed by atoms with E-state index in [0.717, 1.165) is 11.1 Å². The van der Waals surface area contributed by atoms with Crippen molar-refractivity contribution in [2.24, 2.45) is 0 Å². The maximum Gasteiger partial charge on any atom is 0.340 e. The molecule has 0 radical (unpaired) electrons. The molecule has 0 aromatic heterocycles. The Morgan fingerprint density at radius 3 is 2.39 bits per heavy atom. The van der Waals surface area contributed by atoms with Gasteiger partial charge in [-0.15, -0.1) is 5.26 Å². The Kier molecular flexibility index (Phi) is 8.89. The van der Waals surface area contributed by atoms with Gasteiger partial charge >= 0.3 is 11.9 Å². The number of hydrogen-bond acceptors (Lipinski definition) is 9. The molecule has 3 rings (SSSR count). The first-order valence-electron chi connectivity index (χ1n) is 10.9. The van der Waals surface area contributed by atoms with Gasteiger partial charge in [0.05, 0.1) is 25.9 Å². The summed E-state index contributed by atoms with van der Waals surface area (Å²) in [5.74, 6) is -0.106. The molecular formula is C27H25N3O6. The minimum Gasteiger partial charge on any atom is -0.496 e. The van der Waals surface area contributed by atoms with E-state index in [1.165, 1.54) is 25.3 Å². The standard InChI is InChI=1S/C27H25N3O6/c1-33-25-15-20(18-5-9-22(10-6-18)36-17-28)4-3-19(25)7-12-26(31)34-13-2-14-35-27(32)23-16-21(29)8-11-24(23)30/h3-12,15-16H,2,13-14,29-30H2,1H3/b12-7+. The molecule has 9 nitrogen and oxygen atoms in total. The van der Waals surface area contributed by atoms with E-state index in [1.54, 1.807) is 30.5 Å². The zero-order chi connectivity index (χ0) is 25.9. The van der Waals surface area contributed by atoms with Gasteiger partial charge in [0.1, 0.15) is 11.5 Å². The van der Waals surface area contributed by atoms with Crippen LogP contribution in [0.25, 0.3) is 17.2 Å². The Balaban J connectivity index is 1.49. The molecule has 0 amide bonds. The number of carbonyl (C=O) groups excluding carboxylic acids is 2. The Bertz CT molecular complexity index is 1300. The first kappa shape index (κ1) is 25.6. The third-order valence-electron chi connectivity index (χ3n) is 5.05. The Labute approximate surface area is 208 Å². The highest BCUT2D eigenvalue weighted by Gasteiger charge is 2.12. The second-order valence-electron chi connectivity index (χ2n) is 7.51. The molecule has 0 atom stereocenters. The van der Waals surface area contributed by atoms with Crippen molar-refractivity contribution in [2.75, 3.05) is 31.8 Å². The second-order valence-corrected chi connectivity index (χ2v) is 7.51. The number of methoxy groups -OCH3 is 1. The number of nitrogen functional groups attached to an aromatic ring is 2. The molecule has 3 aromatic rings. The number of anilines is 2. The molecule has 0 aliphatic rings. The van der Waals surface area contributed by atoms with E-state index >= 15 is 0 Å². The van der Waals surface area contributed by atoms with Crippen molar-refractivity contribution in [3.05, 3.63) is 77.9 Å². The number of rotatable bonds is 10. The SMILES string of the molecule is COc1cc(-c2ccc(OC#N)cc2)ccc1/C=C/C(=O)OCCCOC(=O)c1cc(N)ccc1N. The van der Waals surface area contributed by atoms with Crippen molar-refractivity contribution in [3.63, 3.8) is 0 Å². The molecule has 0 fully saturated rings. The predicted molar refractivity (Wildman–Crippen MR) is 135 cm³/mol. The first-order chi connectivity index (χ1) is 17.4. The van der Waals surface area contributed by atoms with Crippen LogP contribution in [0, 0.1) is 11.5 Å². The van der Waals surface area contributed by atoms with Gasteiger partial charge in [-0.2, -0.15) is 0 Å². The minimum atomic E-state index is -0.590. The van der Waals surface area contributed by atoms with E-state index < -0.39 is 11.9 Å². The maximum atomic E-state index is 12.1. The van der Waals surface area contributed by atoms with Gasteiger partial charge in [0.2, 0.25) is 0 Å². The van der Waals surface area contributed by atoms with Crippen molar-refractivity contribution in [3.8, 4) is 28.9 Å². The lowest BCUT2D eigenvalue weighted by Gasteiger charge is -2.09. The highest BCUT2D eigenvalue weighted by atomic mass is 16.5. The number of esters is 2. The van der Waals surface area contributed by atoms with Gasteiger partial charge in [-0.05, 0) is 53.6 Å². The molecule has 0 heterocycles. The highest BCUT2D eigenvalue weighted by molar-refractivity contribution is 5.96. The average Bonchev–Trinajstić information content (AvgIpc) is 2.89. The summed E-state index contributed by atoms with van der Waals surface area (Å²) in [6.45, 7) is 0.132. The lowest BCUT2D eigenvalue weighted by Crippen LogP contribution is -2.12. The van der Waals surface area contributed by atoms with E-state index in [0.29, 0.717) is 29.2 Å². The molecule has 4 N–H and O–H groups in total. The van der Waals surface area contributed by atoms with Crippen molar-refractivity contribution in [1.29, 1.82) is 5.26 Å². The number of nitrogens with two attached hydrogens (primary N) is 2. The summed E-state index contributed by atoms with van der Waals surface area (Å²) in [4.78, 5) is 24.2. The van der Waals surface area contributed by atoms with Crippen molar-refractivity contribution < 1.29 is 28.5 Å². The van der Waals surface area contributed by atoms with Gasteiger partial charge in [-0.1, -0.05) is 24.3 Å². The third kappa shape index (κ3) is 7.01. The van der Waals surface area contributed by atoms with Crippen LogP contribution in [0.15, 0.2) is 66.7 Å². The fraction of sp³-hybridized carbons (Fsp3) is 0.148. The fourth-order valence-corrected chi connectivity index (χ4v) is 3.23. The zero-order valence-corrected chi connectivity index (χ0v) is 19.6. The smallest absolute Gasteiger partial charge is 0.340 e. The van der Waals surface area contributed by atoms with Crippen molar-refractivity contribution in [1.82, 2.24) is 0 Å². The number of nitriles is 1. The van der Waals surface area contributed by atoms with Gasteiger partial charge in [-0.3, -0.25) is 0 Å². The molecular weight excluding hydrogens is 462 g/mol. The molecule has 0 bridgehead atoms. The lowest BCUT2D eigenvalue weighted by molar-refractivity contribution is -0.137. The lowest BCUT2D eigenvalue weighted by atomic mass is 10.0. The Hall–Kier alpha value is -4.97. The van der Waals surface area contributed by atoms with Crippen LogP contribution in [-0.2, 0) is 14.3 Å². The van der Waals surface area contributed by atoms with Crippen molar-refractivity contribution in [2.45, 2.75) is 6.42 Å². The van der Waals surface area contributed by atoms with Crippen LogP contribution < -0.4 is 20.9 Å².